The highest BCUT2D eigenvalue weighted by atomic mass is 16.3. The van der Waals surface area contributed by atoms with Crippen LogP contribution in [-0.2, 0) is 0 Å². The fourth-order valence-electron chi connectivity index (χ4n) is 3.98. The van der Waals surface area contributed by atoms with Crippen molar-refractivity contribution in [2.75, 3.05) is 37.6 Å². The van der Waals surface area contributed by atoms with Crippen LogP contribution in [0.3, 0.4) is 0 Å². The maximum atomic E-state index is 9.79. The van der Waals surface area contributed by atoms with Crippen LogP contribution in [0.4, 0.5) is 5.69 Å². The van der Waals surface area contributed by atoms with Crippen LogP contribution in [0.1, 0.15) is 50.5 Å². The highest BCUT2D eigenvalue weighted by Gasteiger charge is 2.22. The van der Waals surface area contributed by atoms with E-state index in [0.717, 1.165) is 45.1 Å². The molecule has 0 bridgehead atoms. The zero-order valence-electron chi connectivity index (χ0n) is 13.9. The van der Waals surface area contributed by atoms with Gasteiger partial charge in [-0.3, -0.25) is 0 Å². The summed E-state index contributed by atoms with van der Waals surface area (Å²) in [6.45, 7) is 7.46. The third-order valence-electron chi connectivity index (χ3n) is 5.55. The highest BCUT2D eigenvalue weighted by Crippen LogP contribution is 2.34. The number of rotatable bonds is 5. The zero-order valence-corrected chi connectivity index (χ0v) is 13.9. The Morgan fingerprint density at radius 3 is 2.36 bits per heavy atom. The number of anilines is 1. The summed E-state index contributed by atoms with van der Waals surface area (Å²) in [7, 11) is 0. The van der Waals surface area contributed by atoms with Crippen LogP contribution in [0.5, 0.6) is 0 Å². The van der Waals surface area contributed by atoms with E-state index in [9.17, 15) is 5.11 Å². The Morgan fingerprint density at radius 2 is 1.77 bits per heavy atom. The monoisotopic (exact) mass is 303 g/mol. The van der Waals surface area contributed by atoms with Gasteiger partial charge >= 0.3 is 0 Å². The summed E-state index contributed by atoms with van der Waals surface area (Å²) < 4.78 is 0. The van der Waals surface area contributed by atoms with E-state index < -0.39 is 0 Å². The van der Waals surface area contributed by atoms with Crippen molar-refractivity contribution >= 4 is 5.69 Å². The quantitative estimate of drug-likeness (QED) is 0.868. The molecule has 1 heterocycles. The van der Waals surface area contributed by atoms with Crippen molar-refractivity contribution in [3.8, 4) is 0 Å². The molecule has 0 radical (unpaired) electrons. The Bertz CT molecular complexity index is 445. The molecule has 0 spiro atoms. The number of nitrogens with one attached hydrogen (secondary N) is 1. The van der Waals surface area contributed by atoms with Gasteiger partial charge in [-0.25, -0.2) is 0 Å². The van der Waals surface area contributed by atoms with Crippen LogP contribution in [0.2, 0.25) is 0 Å². The van der Waals surface area contributed by atoms with Crippen molar-refractivity contribution in [2.45, 2.75) is 51.0 Å². The summed E-state index contributed by atoms with van der Waals surface area (Å²) >= 11 is 0. The number of benzene rings is 1. The van der Waals surface area contributed by atoms with Gasteiger partial charge in [0.25, 0.3) is 0 Å². The minimum absolute atomic E-state index is 0.132. The lowest BCUT2D eigenvalue weighted by Crippen LogP contribution is -3.15. The highest BCUT2D eigenvalue weighted by molar-refractivity contribution is 5.48. The second-order valence-corrected chi connectivity index (χ2v) is 7.08. The van der Waals surface area contributed by atoms with Gasteiger partial charge in [0.05, 0.1) is 26.2 Å². The molecule has 1 atom stereocenters. The number of aliphatic hydroxyl groups is 1. The van der Waals surface area contributed by atoms with Crippen molar-refractivity contribution in [3.63, 3.8) is 0 Å². The first-order chi connectivity index (χ1) is 10.8. The van der Waals surface area contributed by atoms with Crippen LogP contribution < -0.4 is 9.80 Å². The van der Waals surface area contributed by atoms with E-state index >= 15 is 0 Å². The summed E-state index contributed by atoms with van der Waals surface area (Å²) in [5.74, 6) is 0.811. The molecule has 1 aromatic carbocycles. The fraction of sp³-hybridized carbons (Fsp3) is 0.684. The summed E-state index contributed by atoms with van der Waals surface area (Å²) in [4.78, 5) is 4.05. The van der Waals surface area contributed by atoms with Gasteiger partial charge < -0.3 is 14.9 Å². The number of nitrogens with zero attached hydrogens (tertiary/aromatic N) is 1. The second-order valence-electron chi connectivity index (χ2n) is 7.08. The average molecular weight is 303 g/mol. The minimum atomic E-state index is -0.132. The molecule has 3 heteroatoms. The first-order valence-corrected chi connectivity index (χ1v) is 9.13. The predicted molar refractivity (Wildman–Crippen MR) is 91.7 cm³/mol. The van der Waals surface area contributed by atoms with E-state index in [1.165, 1.54) is 36.9 Å². The van der Waals surface area contributed by atoms with Crippen LogP contribution in [0, 0.1) is 0 Å². The molecule has 2 fully saturated rings. The lowest BCUT2D eigenvalue weighted by molar-refractivity contribution is -0.903. The molecule has 2 aliphatic rings. The zero-order chi connectivity index (χ0) is 15.4. The van der Waals surface area contributed by atoms with Crippen LogP contribution >= 0.6 is 0 Å². The molecule has 1 aliphatic carbocycles. The van der Waals surface area contributed by atoms with Gasteiger partial charge in [0.1, 0.15) is 12.6 Å². The van der Waals surface area contributed by atoms with Crippen molar-refractivity contribution < 1.29 is 10.0 Å². The first kappa shape index (κ1) is 15.8. The Kier molecular flexibility index (Phi) is 5.37. The molecule has 0 amide bonds. The van der Waals surface area contributed by atoms with Crippen molar-refractivity contribution in [2.24, 2.45) is 0 Å². The minimum Gasteiger partial charge on any atom is -0.387 e. The third-order valence-corrected chi connectivity index (χ3v) is 5.55. The van der Waals surface area contributed by atoms with E-state index in [-0.39, 0.29) is 6.10 Å². The van der Waals surface area contributed by atoms with Gasteiger partial charge in [-0.05, 0) is 42.9 Å². The van der Waals surface area contributed by atoms with Gasteiger partial charge in [0.2, 0.25) is 0 Å². The Balaban J connectivity index is 1.52. The van der Waals surface area contributed by atoms with Gasteiger partial charge in [-0.2, -0.15) is 0 Å². The van der Waals surface area contributed by atoms with Crippen molar-refractivity contribution in [1.29, 1.82) is 0 Å². The van der Waals surface area contributed by atoms with Crippen LogP contribution in [0.25, 0.3) is 0 Å². The summed E-state index contributed by atoms with van der Waals surface area (Å²) in [5.41, 5.74) is 2.91. The SMILES string of the molecule is CC[C@H](O)C[NH+]1CCN(c2ccc(C3CCCC3)cc2)CC1. The number of hydrogen-bond acceptors (Lipinski definition) is 2. The molecule has 0 aromatic heterocycles. The first-order valence-electron chi connectivity index (χ1n) is 9.13. The van der Waals surface area contributed by atoms with E-state index in [1.54, 1.807) is 4.90 Å². The molecular weight excluding hydrogens is 272 g/mol. The molecule has 0 unspecified atom stereocenters. The second kappa shape index (κ2) is 7.47. The predicted octanol–water partition coefficient (Wildman–Crippen LogP) is 1.82. The third kappa shape index (κ3) is 3.82. The Labute approximate surface area is 134 Å². The van der Waals surface area contributed by atoms with E-state index in [2.05, 4.69) is 36.1 Å². The van der Waals surface area contributed by atoms with Gasteiger partial charge in [-0.1, -0.05) is 31.9 Å². The Hall–Kier alpha value is -1.06. The molecule has 22 heavy (non-hydrogen) atoms. The molecule has 1 aromatic rings. The summed E-state index contributed by atoms with van der Waals surface area (Å²) in [6, 6.07) is 9.34. The molecule has 3 nitrogen and oxygen atoms in total. The fourth-order valence-corrected chi connectivity index (χ4v) is 3.98. The van der Waals surface area contributed by atoms with E-state index in [1.807, 2.05) is 0 Å². The van der Waals surface area contributed by atoms with Gasteiger partial charge in [0.15, 0.2) is 0 Å². The van der Waals surface area contributed by atoms with E-state index in [0.29, 0.717) is 0 Å². The lowest BCUT2D eigenvalue weighted by Gasteiger charge is -2.34. The number of hydrogen-bond donors (Lipinski definition) is 2. The van der Waals surface area contributed by atoms with Crippen LogP contribution in [-0.4, -0.2) is 43.9 Å². The maximum Gasteiger partial charge on any atom is 0.104 e. The largest absolute Gasteiger partial charge is 0.387 e. The molecular formula is C19H31N2O+. The summed E-state index contributed by atoms with van der Waals surface area (Å²) in [6.07, 6.45) is 6.30. The van der Waals surface area contributed by atoms with Crippen molar-refractivity contribution in [1.82, 2.24) is 0 Å². The normalized spacial score (nSPS) is 22.2. The standard InChI is InChI=1S/C19H30N2O/c1-2-19(22)15-20-11-13-21(14-12-20)18-9-7-17(8-10-18)16-5-3-4-6-16/h7-10,16,19,22H,2-6,11-15H2,1H3/p+1/t19-/m0/s1. The Morgan fingerprint density at radius 1 is 1.14 bits per heavy atom. The number of piperazine rings is 1. The molecule has 2 N–H and O–H groups in total. The molecule has 1 saturated heterocycles. The lowest BCUT2D eigenvalue weighted by atomic mass is 9.97. The average Bonchev–Trinajstić information content (AvgIpc) is 3.10. The van der Waals surface area contributed by atoms with Crippen molar-refractivity contribution in [3.05, 3.63) is 29.8 Å². The molecule has 3 rings (SSSR count). The van der Waals surface area contributed by atoms with Crippen LogP contribution in [0.15, 0.2) is 24.3 Å². The van der Waals surface area contributed by atoms with Gasteiger partial charge in [0, 0.05) is 5.69 Å². The number of quaternary nitrogens is 1. The van der Waals surface area contributed by atoms with Gasteiger partial charge in [-0.15, -0.1) is 0 Å². The smallest absolute Gasteiger partial charge is 0.104 e. The maximum absolute atomic E-state index is 9.79. The molecule has 1 saturated carbocycles. The topological polar surface area (TPSA) is 27.9 Å². The number of aliphatic hydroxyl groups excluding tert-OH is 1. The molecule has 122 valence electrons. The molecule has 1 aliphatic heterocycles. The van der Waals surface area contributed by atoms with E-state index in [4.69, 9.17) is 0 Å². The summed E-state index contributed by atoms with van der Waals surface area (Å²) in [5, 5.41) is 9.79.